The van der Waals surface area contributed by atoms with E-state index in [9.17, 15) is 4.57 Å². The lowest BCUT2D eigenvalue weighted by Crippen LogP contribution is -2.10. The molecule has 0 fully saturated rings. The highest BCUT2D eigenvalue weighted by Crippen LogP contribution is 2.53. The Balaban J connectivity index is 2.47. The summed E-state index contributed by atoms with van der Waals surface area (Å²) in [5.74, 6) is 1.64. The van der Waals surface area contributed by atoms with Crippen LogP contribution in [0.4, 0.5) is 0 Å². The van der Waals surface area contributed by atoms with E-state index in [1.165, 1.54) is 0 Å². The summed E-state index contributed by atoms with van der Waals surface area (Å²) in [5, 5.41) is 8.64. The van der Waals surface area contributed by atoms with Gasteiger partial charge in [-0.05, 0) is 19.2 Å². The molecule has 64 valence electrons. The number of hydrogen-bond donors (Lipinski definition) is 1. The Hall–Kier alpha value is -0.110. The summed E-state index contributed by atoms with van der Waals surface area (Å²) in [6, 6.07) is 0. The van der Waals surface area contributed by atoms with Crippen LogP contribution < -0.4 is 0 Å². The van der Waals surface area contributed by atoms with E-state index in [0.717, 1.165) is 6.42 Å². The van der Waals surface area contributed by atoms with E-state index < -0.39 is 7.37 Å². The highest BCUT2D eigenvalue weighted by atomic mass is 31.2. The van der Waals surface area contributed by atoms with Crippen molar-refractivity contribution >= 4 is 7.37 Å². The molecule has 0 spiro atoms. The zero-order chi connectivity index (χ0) is 8.32. The Morgan fingerprint density at radius 3 is 3.00 bits per heavy atom. The largest absolute Gasteiger partial charge is 0.394 e. The molecular weight excluding hydrogens is 163 g/mol. The highest BCUT2D eigenvalue weighted by molar-refractivity contribution is 7.62. The van der Waals surface area contributed by atoms with Crippen molar-refractivity contribution in [3.63, 3.8) is 0 Å². The minimum absolute atomic E-state index is 0.0716. The molecule has 0 radical (unpaired) electrons. The molecule has 0 saturated carbocycles. The van der Waals surface area contributed by atoms with Crippen molar-refractivity contribution in [2.45, 2.75) is 19.4 Å². The van der Waals surface area contributed by atoms with Crippen molar-refractivity contribution in [3.05, 3.63) is 11.9 Å². The first kappa shape index (κ1) is 8.98. The average Bonchev–Trinajstić information content (AvgIpc) is 2.36. The standard InChI is InChI=1S/C7H13O3P/c1-7(6-8)10-11(9)4-2-3-5-11/h2,4,7-8H,3,5-6H2,1H3. The molecule has 1 N–H and O–H groups in total. The molecule has 0 aromatic carbocycles. The molecule has 3 nitrogen and oxygen atoms in total. The number of aliphatic hydroxyl groups is 1. The third kappa shape index (κ3) is 2.44. The lowest BCUT2D eigenvalue weighted by atomic mass is 10.5. The molecule has 0 bridgehead atoms. The zero-order valence-corrected chi connectivity index (χ0v) is 7.46. The van der Waals surface area contributed by atoms with Crippen LogP contribution in [0.25, 0.3) is 0 Å². The van der Waals surface area contributed by atoms with Crippen molar-refractivity contribution in [3.8, 4) is 0 Å². The van der Waals surface area contributed by atoms with E-state index in [-0.39, 0.29) is 12.7 Å². The van der Waals surface area contributed by atoms with Crippen LogP contribution in [0.5, 0.6) is 0 Å². The molecule has 0 aliphatic carbocycles. The van der Waals surface area contributed by atoms with E-state index in [1.807, 2.05) is 6.08 Å². The number of aliphatic hydroxyl groups excluding tert-OH is 1. The summed E-state index contributed by atoms with van der Waals surface area (Å²) < 4.78 is 16.7. The Morgan fingerprint density at radius 1 is 1.82 bits per heavy atom. The summed E-state index contributed by atoms with van der Waals surface area (Å²) >= 11 is 0. The maximum Gasteiger partial charge on any atom is 0.225 e. The van der Waals surface area contributed by atoms with Crippen molar-refractivity contribution in [1.29, 1.82) is 0 Å². The Kier molecular flexibility index (Phi) is 2.88. The summed E-state index contributed by atoms with van der Waals surface area (Å²) in [5.41, 5.74) is 0. The predicted octanol–water partition coefficient (Wildman–Crippen LogP) is 1.58. The van der Waals surface area contributed by atoms with E-state index in [1.54, 1.807) is 12.7 Å². The number of allylic oxidation sites excluding steroid dienone is 1. The van der Waals surface area contributed by atoms with Crippen molar-refractivity contribution < 1.29 is 14.2 Å². The molecule has 1 aliphatic rings. The number of rotatable bonds is 3. The van der Waals surface area contributed by atoms with Gasteiger partial charge in [0.15, 0.2) is 0 Å². The first-order valence-electron chi connectivity index (χ1n) is 3.72. The Morgan fingerprint density at radius 2 is 2.55 bits per heavy atom. The van der Waals surface area contributed by atoms with Gasteiger partial charge in [0.25, 0.3) is 0 Å². The van der Waals surface area contributed by atoms with E-state index in [2.05, 4.69) is 0 Å². The second-order valence-electron chi connectivity index (χ2n) is 2.72. The molecule has 0 saturated heterocycles. The second-order valence-corrected chi connectivity index (χ2v) is 5.13. The SMILES string of the molecule is CC(CO)OP1(=O)C=CCC1. The first-order valence-corrected chi connectivity index (χ1v) is 5.60. The lowest BCUT2D eigenvalue weighted by molar-refractivity contribution is 0.134. The van der Waals surface area contributed by atoms with Crippen molar-refractivity contribution in [2.75, 3.05) is 12.8 Å². The Bertz CT molecular complexity index is 200. The van der Waals surface area contributed by atoms with Gasteiger partial charge in [-0.2, -0.15) is 0 Å². The van der Waals surface area contributed by atoms with Gasteiger partial charge in [0.1, 0.15) is 0 Å². The van der Waals surface area contributed by atoms with Crippen LogP contribution in [-0.4, -0.2) is 24.0 Å². The summed E-state index contributed by atoms with van der Waals surface area (Å²) in [6.45, 7) is 1.64. The van der Waals surface area contributed by atoms with Gasteiger partial charge in [-0.1, -0.05) is 6.08 Å². The summed E-state index contributed by atoms with van der Waals surface area (Å²) in [6.07, 6.45) is 2.97. The summed E-state index contributed by atoms with van der Waals surface area (Å²) in [4.78, 5) is 0. The minimum atomic E-state index is -2.48. The van der Waals surface area contributed by atoms with Gasteiger partial charge < -0.3 is 9.63 Å². The fourth-order valence-corrected chi connectivity index (χ4v) is 2.97. The molecule has 2 unspecified atom stereocenters. The molecule has 1 aliphatic heterocycles. The van der Waals surface area contributed by atoms with Gasteiger partial charge in [-0.15, -0.1) is 0 Å². The summed E-state index contributed by atoms with van der Waals surface area (Å²) in [7, 11) is -2.48. The zero-order valence-electron chi connectivity index (χ0n) is 6.56. The van der Waals surface area contributed by atoms with Gasteiger partial charge in [0.05, 0.1) is 12.7 Å². The van der Waals surface area contributed by atoms with Gasteiger partial charge >= 0.3 is 0 Å². The molecule has 1 heterocycles. The molecule has 0 aromatic rings. The van der Waals surface area contributed by atoms with Crippen LogP contribution >= 0.6 is 7.37 Å². The lowest BCUT2D eigenvalue weighted by Gasteiger charge is -2.14. The number of hydrogen-bond acceptors (Lipinski definition) is 3. The maximum atomic E-state index is 11.6. The van der Waals surface area contributed by atoms with Crippen molar-refractivity contribution in [2.24, 2.45) is 0 Å². The van der Waals surface area contributed by atoms with Crippen LogP contribution in [0.3, 0.4) is 0 Å². The van der Waals surface area contributed by atoms with Crippen molar-refractivity contribution in [1.82, 2.24) is 0 Å². The van der Waals surface area contributed by atoms with Crippen LogP contribution in [0.15, 0.2) is 11.9 Å². The van der Waals surface area contributed by atoms with Crippen LogP contribution in [0.2, 0.25) is 0 Å². The quantitative estimate of drug-likeness (QED) is 0.664. The van der Waals surface area contributed by atoms with E-state index in [4.69, 9.17) is 9.63 Å². The smallest absolute Gasteiger partial charge is 0.225 e. The van der Waals surface area contributed by atoms with Crippen LogP contribution in [-0.2, 0) is 9.09 Å². The fraction of sp³-hybridized carbons (Fsp3) is 0.714. The molecule has 11 heavy (non-hydrogen) atoms. The third-order valence-electron chi connectivity index (χ3n) is 1.56. The average molecular weight is 176 g/mol. The first-order chi connectivity index (χ1) is 5.16. The van der Waals surface area contributed by atoms with E-state index in [0.29, 0.717) is 6.16 Å². The van der Waals surface area contributed by atoms with Gasteiger partial charge in [-0.25, -0.2) is 0 Å². The molecule has 0 aromatic heterocycles. The molecular formula is C7H13O3P. The highest BCUT2D eigenvalue weighted by Gasteiger charge is 2.24. The topological polar surface area (TPSA) is 46.5 Å². The molecule has 4 heteroatoms. The molecule has 2 atom stereocenters. The third-order valence-corrected chi connectivity index (χ3v) is 3.82. The van der Waals surface area contributed by atoms with E-state index >= 15 is 0 Å². The monoisotopic (exact) mass is 176 g/mol. The van der Waals surface area contributed by atoms with Crippen LogP contribution in [0, 0.1) is 0 Å². The minimum Gasteiger partial charge on any atom is -0.394 e. The molecule has 1 rings (SSSR count). The predicted molar refractivity (Wildman–Crippen MR) is 43.9 cm³/mol. The normalized spacial score (nSPS) is 32.5. The van der Waals surface area contributed by atoms with Gasteiger partial charge in [0.2, 0.25) is 7.37 Å². The van der Waals surface area contributed by atoms with Crippen LogP contribution in [0.1, 0.15) is 13.3 Å². The Labute approximate surface area is 66.5 Å². The van der Waals surface area contributed by atoms with Gasteiger partial charge in [0, 0.05) is 6.16 Å². The maximum absolute atomic E-state index is 11.6. The molecule has 0 amide bonds. The van der Waals surface area contributed by atoms with Gasteiger partial charge in [-0.3, -0.25) is 4.57 Å². The fourth-order valence-electron chi connectivity index (χ4n) is 0.990. The second kappa shape index (κ2) is 3.53.